The van der Waals surface area contributed by atoms with Gasteiger partial charge in [0.15, 0.2) is 0 Å². The molecule has 0 heterocycles. The molecule has 0 bridgehead atoms. The smallest absolute Gasteiger partial charge is 0.125 e. The summed E-state index contributed by atoms with van der Waals surface area (Å²) in [5, 5.41) is 9.63. The van der Waals surface area contributed by atoms with E-state index in [0.717, 1.165) is 0 Å². The maximum atomic E-state index is 8.79. The van der Waals surface area contributed by atoms with E-state index in [9.17, 15) is 0 Å². The van der Waals surface area contributed by atoms with Crippen LogP contribution in [0.2, 0.25) is 10.0 Å². The maximum Gasteiger partial charge on any atom is 0.125 e. The van der Waals surface area contributed by atoms with E-state index in [4.69, 9.17) is 51.7 Å². The molecule has 0 aliphatic heterocycles. The highest BCUT2D eigenvalue weighted by Gasteiger charge is 2.10. The summed E-state index contributed by atoms with van der Waals surface area (Å²) >= 11 is 22.6. The van der Waals surface area contributed by atoms with Crippen molar-refractivity contribution >= 4 is 52.0 Å². The number of hydrogen-bond acceptors (Lipinski definition) is 1. The molecule has 5 heteroatoms. The second-order valence-electron chi connectivity index (χ2n) is 2.37. The predicted octanol–water partition coefficient (Wildman–Crippen LogP) is 4.66. The van der Waals surface area contributed by atoms with Crippen molar-refractivity contribution in [3.05, 3.63) is 38.3 Å². The van der Waals surface area contributed by atoms with Gasteiger partial charge in [-0.05, 0) is 18.2 Å². The summed E-state index contributed by atoms with van der Waals surface area (Å²) in [7, 11) is 0. The van der Waals surface area contributed by atoms with Gasteiger partial charge in [0, 0.05) is 15.6 Å². The van der Waals surface area contributed by atoms with E-state index in [-0.39, 0.29) is 10.1 Å². The van der Waals surface area contributed by atoms with Gasteiger partial charge in [-0.25, -0.2) is 0 Å². The zero-order chi connectivity index (χ0) is 10.7. The maximum absolute atomic E-state index is 8.79. The van der Waals surface area contributed by atoms with E-state index in [2.05, 4.69) is 0 Å². The fourth-order valence-electron chi connectivity index (χ4n) is 0.893. The second kappa shape index (κ2) is 4.91. The summed E-state index contributed by atoms with van der Waals surface area (Å²) in [6.07, 6.45) is 0. The van der Waals surface area contributed by atoms with Crippen LogP contribution in [0.3, 0.4) is 0 Å². The van der Waals surface area contributed by atoms with E-state index in [0.29, 0.717) is 15.6 Å². The fourth-order valence-corrected chi connectivity index (χ4v) is 1.57. The molecule has 0 N–H and O–H groups in total. The van der Waals surface area contributed by atoms with E-state index in [1.54, 1.807) is 12.1 Å². The molecule has 0 fully saturated rings. The summed E-state index contributed by atoms with van der Waals surface area (Å²) in [4.78, 5) is 0. The van der Waals surface area contributed by atoms with Crippen LogP contribution in [-0.2, 0) is 0 Å². The number of benzene rings is 1. The lowest BCUT2D eigenvalue weighted by molar-refractivity contribution is 1.52. The Hall–Kier alpha value is -0.390. The van der Waals surface area contributed by atoms with E-state index in [1.165, 1.54) is 6.07 Å². The molecule has 0 spiro atoms. The van der Waals surface area contributed by atoms with Gasteiger partial charge in [-0.15, -0.1) is 0 Å². The molecular weight excluding hydrogens is 264 g/mol. The van der Waals surface area contributed by atoms with Crippen LogP contribution in [0.1, 0.15) is 5.56 Å². The monoisotopic (exact) mass is 265 g/mol. The first-order chi connectivity index (χ1) is 6.56. The number of rotatable bonds is 1. The Balaban J connectivity index is 3.40. The van der Waals surface area contributed by atoms with Gasteiger partial charge in [0.25, 0.3) is 0 Å². The average molecular weight is 267 g/mol. The third kappa shape index (κ3) is 2.56. The highest BCUT2D eigenvalue weighted by Crippen LogP contribution is 2.31. The third-order valence-electron chi connectivity index (χ3n) is 1.50. The van der Waals surface area contributed by atoms with Crippen LogP contribution in [0.5, 0.6) is 0 Å². The number of hydrogen-bond donors (Lipinski definition) is 0. The molecule has 1 rings (SSSR count). The lowest BCUT2D eigenvalue weighted by Crippen LogP contribution is -1.84. The van der Waals surface area contributed by atoms with Gasteiger partial charge in [-0.2, -0.15) is 5.26 Å². The molecule has 0 aliphatic rings. The van der Waals surface area contributed by atoms with E-state index in [1.807, 2.05) is 6.07 Å². The number of allylic oxidation sites excluding steroid dienone is 1. The minimum absolute atomic E-state index is 0.112. The van der Waals surface area contributed by atoms with Gasteiger partial charge in [-0.1, -0.05) is 46.4 Å². The highest BCUT2D eigenvalue weighted by atomic mass is 35.5. The van der Waals surface area contributed by atoms with Crippen LogP contribution in [0.15, 0.2) is 22.7 Å². The Morgan fingerprint density at radius 2 is 1.86 bits per heavy atom. The summed E-state index contributed by atoms with van der Waals surface area (Å²) in [6.45, 7) is 0. The Labute approximate surface area is 101 Å². The Bertz CT molecular complexity index is 427. The Morgan fingerprint density at radius 3 is 2.36 bits per heavy atom. The van der Waals surface area contributed by atoms with Crippen molar-refractivity contribution in [1.29, 1.82) is 5.26 Å². The lowest BCUT2D eigenvalue weighted by Gasteiger charge is -2.02. The molecular formula is C9H3Cl4N. The van der Waals surface area contributed by atoms with Gasteiger partial charge in [0.1, 0.15) is 10.6 Å². The van der Waals surface area contributed by atoms with Crippen LogP contribution in [-0.4, -0.2) is 0 Å². The molecule has 0 aliphatic carbocycles. The van der Waals surface area contributed by atoms with Gasteiger partial charge < -0.3 is 0 Å². The molecule has 1 aromatic rings. The fraction of sp³-hybridized carbons (Fsp3) is 0. The number of nitriles is 1. The zero-order valence-corrected chi connectivity index (χ0v) is 9.71. The molecule has 0 unspecified atom stereocenters. The molecule has 1 nitrogen and oxygen atoms in total. The Morgan fingerprint density at radius 1 is 1.21 bits per heavy atom. The molecule has 0 aromatic heterocycles. The minimum atomic E-state index is -0.128. The first-order valence-electron chi connectivity index (χ1n) is 3.47. The second-order valence-corrected chi connectivity index (χ2v) is 4.16. The molecule has 72 valence electrons. The third-order valence-corrected chi connectivity index (χ3v) is 2.44. The van der Waals surface area contributed by atoms with Crippen LogP contribution >= 0.6 is 46.4 Å². The minimum Gasteiger partial charge on any atom is -0.192 e. The van der Waals surface area contributed by atoms with Crippen LogP contribution in [0, 0.1) is 11.3 Å². The van der Waals surface area contributed by atoms with Crippen molar-refractivity contribution in [1.82, 2.24) is 0 Å². The molecule has 0 radical (unpaired) electrons. The Kier molecular flexibility index (Phi) is 4.10. The molecule has 0 saturated carbocycles. The average Bonchev–Trinajstić information content (AvgIpc) is 2.11. The van der Waals surface area contributed by atoms with Crippen molar-refractivity contribution in [2.24, 2.45) is 0 Å². The predicted molar refractivity (Wildman–Crippen MR) is 60.7 cm³/mol. The van der Waals surface area contributed by atoms with Crippen molar-refractivity contribution < 1.29 is 0 Å². The SMILES string of the molecule is N#CC(=C(Cl)Cl)c1cc(Cl)ccc1Cl. The normalized spacial score (nSPS) is 9.36. The first kappa shape index (κ1) is 11.7. The van der Waals surface area contributed by atoms with Crippen LogP contribution < -0.4 is 0 Å². The van der Waals surface area contributed by atoms with Crippen molar-refractivity contribution in [2.75, 3.05) is 0 Å². The standard InChI is InChI=1S/C9H3Cl4N/c10-5-1-2-8(11)6(3-5)7(4-14)9(12)13/h1-3H. The molecule has 1 aromatic carbocycles. The van der Waals surface area contributed by atoms with E-state index < -0.39 is 0 Å². The van der Waals surface area contributed by atoms with Crippen molar-refractivity contribution in [2.45, 2.75) is 0 Å². The topological polar surface area (TPSA) is 23.8 Å². The van der Waals surface area contributed by atoms with E-state index >= 15 is 0 Å². The summed E-state index contributed by atoms with van der Waals surface area (Å²) < 4.78 is -0.128. The lowest BCUT2D eigenvalue weighted by atomic mass is 10.1. The van der Waals surface area contributed by atoms with Crippen LogP contribution in [0.4, 0.5) is 0 Å². The van der Waals surface area contributed by atoms with Crippen molar-refractivity contribution in [3.63, 3.8) is 0 Å². The summed E-state index contributed by atoms with van der Waals surface area (Å²) in [5.74, 6) is 0. The van der Waals surface area contributed by atoms with Gasteiger partial charge >= 0.3 is 0 Å². The summed E-state index contributed by atoms with van der Waals surface area (Å²) in [6, 6.07) is 6.59. The van der Waals surface area contributed by atoms with Crippen molar-refractivity contribution in [3.8, 4) is 6.07 Å². The number of halogens is 4. The van der Waals surface area contributed by atoms with Gasteiger partial charge in [0.05, 0.1) is 5.57 Å². The molecule has 14 heavy (non-hydrogen) atoms. The number of nitrogens with zero attached hydrogens (tertiary/aromatic N) is 1. The molecule has 0 atom stereocenters. The molecule has 0 saturated heterocycles. The first-order valence-corrected chi connectivity index (χ1v) is 4.98. The van der Waals surface area contributed by atoms with Gasteiger partial charge in [0.2, 0.25) is 0 Å². The quantitative estimate of drug-likeness (QED) is 0.678. The largest absolute Gasteiger partial charge is 0.192 e. The van der Waals surface area contributed by atoms with Crippen LogP contribution in [0.25, 0.3) is 5.57 Å². The highest BCUT2D eigenvalue weighted by molar-refractivity contribution is 6.59. The summed E-state index contributed by atoms with van der Waals surface area (Å²) in [5.41, 5.74) is 0.544. The van der Waals surface area contributed by atoms with Gasteiger partial charge in [-0.3, -0.25) is 0 Å². The molecule has 0 amide bonds. The zero-order valence-electron chi connectivity index (χ0n) is 6.69.